The van der Waals surface area contributed by atoms with Crippen molar-refractivity contribution in [3.63, 3.8) is 0 Å². The number of nitrogens with zero attached hydrogens (tertiary/aromatic N) is 4. The van der Waals surface area contributed by atoms with Crippen molar-refractivity contribution in [2.75, 3.05) is 5.73 Å². The van der Waals surface area contributed by atoms with Crippen LogP contribution in [0.3, 0.4) is 0 Å². The molecule has 0 aliphatic carbocycles. The zero-order valence-corrected chi connectivity index (χ0v) is 13.9. The van der Waals surface area contributed by atoms with Gasteiger partial charge in [-0.1, -0.05) is 34.5 Å². The molecule has 2 aromatic heterocycles. The van der Waals surface area contributed by atoms with Crippen LogP contribution in [0.15, 0.2) is 42.5 Å². The van der Waals surface area contributed by atoms with Crippen LogP contribution in [0.4, 0.5) is 5.69 Å². The molecule has 0 saturated heterocycles. The van der Waals surface area contributed by atoms with E-state index < -0.39 is 0 Å². The molecule has 0 amide bonds. The molecule has 5 nitrogen and oxygen atoms in total. The molecule has 0 unspecified atom stereocenters. The molecule has 23 heavy (non-hydrogen) atoms. The Morgan fingerprint density at radius 1 is 0.913 bits per heavy atom. The number of nitrogens with two attached hydrogens (primary N) is 1. The Kier molecular flexibility index (Phi) is 3.45. The molecule has 0 spiro atoms. The highest BCUT2D eigenvalue weighted by Crippen LogP contribution is 2.31. The van der Waals surface area contributed by atoms with Gasteiger partial charge in [0.15, 0.2) is 5.82 Å². The molecule has 0 fully saturated rings. The zero-order valence-electron chi connectivity index (χ0n) is 11.6. The van der Waals surface area contributed by atoms with Gasteiger partial charge in [-0.2, -0.15) is 9.61 Å². The van der Waals surface area contributed by atoms with Crippen LogP contribution in [-0.4, -0.2) is 19.8 Å². The highest BCUT2D eigenvalue weighted by molar-refractivity contribution is 7.19. The van der Waals surface area contributed by atoms with Crippen molar-refractivity contribution in [2.24, 2.45) is 0 Å². The molecule has 0 saturated carbocycles. The quantitative estimate of drug-likeness (QED) is 0.537. The maximum atomic E-state index is 6.08. The first-order chi connectivity index (χ1) is 11.1. The second-order valence-electron chi connectivity index (χ2n) is 4.88. The second-order valence-corrected chi connectivity index (χ2v) is 6.65. The Labute approximate surface area is 145 Å². The summed E-state index contributed by atoms with van der Waals surface area (Å²) in [6.45, 7) is 0. The second kappa shape index (κ2) is 5.49. The maximum absolute atomic E-state index is 6.08. The van der Waals surface area contributed by atoms with Crippen LogP contribution < -0.4 is 5.73 Å². The van der Waals surface area contributed by atoms with Crippen LogP contribution >= 0.6 is 34.5 Å². The number of rotatable bonds is 2. The van der Waals surface area contributed by atoms with E-state index in [-0.39, 0.29) is 0 Å². The Balaban J connectivity index is 1.83. The van der Waals surface area contributed by atoms with E-state index in [9.17, 15) is 0 Å². The third-order valence-electron chi connectivity index (χ3n) is 3.33. The Hall–Kier alpha value is -2.15. The van der Waals surface area contributed by atoms with Crippen LogP contribution in [0, 0.1) is 0 Å². The van der Waals surface area contributed by atoms with E-state index in [1.165, 1.54) is 11.3 Å². The molecule has 2 N–H and O–H groups in total. The largest absolute Gasteiger partial charge is 0.399 e. The number of aromatic nitrogens is 4. The van der Waals surface area contributed by atoms with Crippen molar-refractivity contribution < 1.29 is 0 Å². The highest BCUT2D eigenvalue weighted by Gasteiger charge is 2.15. The number of fused-ring (bicyclic) bond motifs is 1. The number of halogens is 2. The molecule has 0 aliphatic heterocycles. The average Bonchev–Trinajstić information content (AvgIpc) is 3.11. The van der Waals surface area contributed by atoms with Gasteiger partial charge in [0.2, 0.25) is 4.96 Å². The molecule has 8 heteroatoms. The monoisotopic (exact) mass is 361 g/mol. The Morgan fingerprint density at radius 2 is 1.65 bits per heavy atom. The van der Waals surface area contributed by atoms with E-state index in [1.807, 2.05) is 30.3 Å². The minimum Gasteiger partial charge on any atom is -0.399 e. The van der Waals surface area contributed by atoms with Gasteiger partial charge in [0.05, 0.1) is 10.0 Å². The first-order valence-corrected chi connectivity index (χ1v) is 8.22. The molecule has 0 atom stereocenters. The molecular weight excluding hydrogens is 353 g/mol. The summed E-state index contributed by atoms with van der Waals surface area (Å²) in [5, 5.41) is 14.8. The number of benzene rings is 2. The van der Waals surface area contributed by atoms with Crippen LogP contribution in [0.2, 0.25) is 10.0 Å². The molecule has 2 aromatic carbocycles. The van der Waals surface area contributed by atoms with Crippen LogP contribution in [0.1, 0.15) is 0 Å². The fraction of sp³-hybridized carbons (Fsp3) is 0. The van der Waals surface area contributed by atoms with Gasteiger partial charge in [0.1, 0.15) is 5.01 Å². The molecular formula is C15H9Cl2N5S. The summed E-state index contributed by atoms with van der Waals surface area (Å²) >= 11 is 13.5. The fourth-order valence-corrected chi connectivity index (χ4v) is 3.32. The van der Waals surface area contributed by atoms with Crippen molar-refractivity contribution in [1.82, 2.24) is 19.8 Å². The lowest BCUT2D eigenvalue weighted by Gasteiger charge is -2.00. The smallest absolute Gasteiger partial charge is 0.235 e. The van der Waals surface area contributed by atoms with E-state index in [1.54, 1.807) is 16.6 Å². The van der Waals surface area contributed by atoms with Gasteiger partial charge >= 0.3 is 0 Å². The fourth-order valence-electron chi connectivity index (χ4n) is 2.17. The van der Waals surface area contributed by atoms with E-state index in [4.69, 9.17) is 28.9 Å². The summed E-state index contributed by atoms with van der Waals surface area (Å²) in [5.74, 6) is 0.622. The van der Waals surface area contributed by atoms with Gasteiger partial charge in [-0.3, -0.25) is 0 Å². The minimum absolute atomic E-state index is 0.468. The molecule has 114 valence electrons. The van der Waals surface area contributed by atoms with Crippen LogP contribution in [0.5, 0.6) is 0 Å². The van der Waals surface area contributed by atoms with Crippen LogP contribution in [-0.2, 0) is 0 Å². The summed E-state index contributed by atoms with van der Waals surface area (Å²) in [6.07, 6.45) is 0. The van der Waals surface area contributed by atoms with Gasteiger partial charge in [-0.25, -0.2) is 0 Å². The number of anilines is 1. The summed E-state index contributed by atoms with van der Waals surface area (Å²) in [4.78, 5) is 0.706. The van der Waals surface area contributed by atoms with Gasteiger partial charge in [0.25, 0.3) is 0 Å². The molecule has 0 radical (unpaired) electrons. The van der Waals surface area contributed by atoms with Crippen molar-refractivity contribution in [1.29, 1.82) is 0 Å². The van der Waals surface area contributed by atoms with E-state index in [2.05, 4.69) is 15.3 Å². The Morgan fingerprint density at radius 3 is 2.39 bits per heavy atom. The number of hydrogen-bond acceptors (Lipinski definition) is 5. The predicted molar refractivity (Wildman–Crippen MR) is 94.0 cm³/mol. The lowest BCUT2D eigenvalue weighted by Crippen LogP contribution is -1.91. The summed E-state index contributed by atoms with van der Waals surface area (Å²) < 4.78 is 1.70. The molecule has 0 aliphatic rings. The average molecular weight is 362 g/mol. The van der Waals surface area contributed by atoms with Crippen LogP contribution in [0.25, 0.3) is 26.9 Å². The third kappa shape index (κ3) is 2.55. The SMILES string of the molecule is Nc1ccc(-c2nn3c(-c4ccc(Cl)c(Cl)c4)nnc3s2)cc1. The van der Waals surface area contributed by atoms with Crippen molar-refractivity contribution in [3.8, 4) is 22.0 Å². The summed E-state index contributed by atoms with van der Waals surface area (Å²) in [7, 11) is 0. The minimum atomic E-state index is 0.468. The van der Waals surface area contributed by atoms with Gasteiger partial charge < -0.3 is 5.73 Å². The molecule has 0 bridgehead atoms. The highest BCUT2D eigenvalue weighted by atomic mass is 35.5. The maximum Gasteiger partial charge on any atom is 0.235 e. The normalized spacial score (nSPS) is 11.2. The predicted octanol–water partition coefficient (Wildman–Crippen LogP) is 4.41. The van der Waals surface area contributed by atoms with Gasteiger partial charge in [-0.15, -0.1) is 10.2 Å². The van der Waals surface area contributed by atoms with Gasteiger partial charge in [-0.05, 0) is 42.5 Å². The van der Waals surface area contributed by atoms with E-state index in [0.29, 0.717) is 26.5 Å². The molecule has 4 aromatic rings. The molecule has 2 heterocycles. The number of hydrogen-bond donors (Lipinski definition) is 1. The zero-order chi connectivity index (χ0) is 16.0. The number of nitrogen functional groups attached to an aromatic ring is 1. The topological polar surface area (TPSA) is 69.1 Å². The van der Waals surface area contributed by atoms with Crippen molar-refractivity contribution >= 4 is 45.2 Å². The van der Waals surface area contributed by atoms with Crippen molar-refractivity contribution in [2.45, 2.75) is 0 Å². The van der Waals surface area contributed by atoms with E-state index in [0.717, 1.165) is 16.1 Å². The van der Waals surface area contributed by atoms with Gasteiger partial charge in [0, 0.05) is 16.8 Å². The first kappa shape index (κ1) is 14.4. The Bertz CT molecular complexity index is 1010. The first-order valence-electron chi connectivity index (χ1n) is 6.65. The summed E-state index contributed by atoms with van der Waals surface area (Å²) in [5.41, 5.74) is 8.22. The third-order valence-corrected chi connectivity index (χ3v) is 5.01. The molecule has 4 rings (SSSR count). The lowest BCUT2D eigenvalue weighted by molar-refractivity contribution is 0.971. The van der Waals surface area contributed by atoms with Crippen molar-refractivity contribution in [3.05, 3.63) is 52.5 Å². The lowest BCUT2D eigenvalue weighted by atomic mass is 10.2. The standard InChI is InChI=1S/C15H9Cl2N5S/c16-11-6-3-9(7-12(11)17)13-19-20-15-22(13)21-14(23-15)8-1-4-10(18)5-2-8/h1-7H,18H2. The van der Waals surface area contributed by atoms with E-state index >= 15 is 0 Å². The summed E-state index contributed by atoms with van der Waals surface area (Å²) in [6, 6.07) is 12.9.